The number of nitrogens with one attached hydrogen (secondary N) is 1. The summed E-state index contributed by atoms with van der Waals surface area (Å²) in [6.45, 7) is 0.663. The van der Waals surface area contributed by atoms with Gasteiger partial charge in [-0.1, -0.05) is 0 Å². The zero-order valence-electron chi connectivity index (χ0n) is 9.00. The van der Waals surface area contributed by atoms with Crippen LogP contribution in [0.15, 0.2) is 22.7 Å². The molecular weight excluding hydrogens is 290 g/mol. The molecule has 0 saturated heterocycles. The van der Waals surface area contributed by atoms with E-state index in [1.807, 2.05) is 6.26 Å². The molecule has 5 heteroatoms. The third kappa shape index (κ3) is 4.06. The minimum Gasteiger partial charge on any atom is -0.507 e. The molecule has 2 N–H and O–H groups in total. The van der Waals surface area contributed by atoms with Gasteiger partial charge in [0.05, 0.1) is 4.47 Å². The Bertz CT molecular complexity index is 371. The van der Waals surface area contributed by atoms with Gasteiger partial charge in [-0.3, -0.25) is 4.79 Å². The Morgan fingerprint density at radius 1 is 1.56 bits per heavy atom. The number of phenolic OH excluding ortho intramolecular Hbond substituents is 1. The fraction of sp³-hybridized carbons (Fsp3) is 0.364. The Hall–Kier alpha value is -0.680. The zero-order valence-corrected chi connectivity index (χ0v) is 11.4. The number of benzene rings is 1. The molecule has 1 rings (SSSR count). The largest absolute Gasteiger partial charge is 0.507 e. The number of phenols is 1. The topological polar surface area (TPSA) is 49.3 Å². The highest BCUT2D eigenvalue weighted by atomic mass is 79.9. The molecule has 0 radical (unpaired) electrons. The lowest BCUT2D eigenvalue weighted by molar-refractivity contribution is 0.0953. The number of rotatable bonds is 5. The molecule has 0 aliphatic carbocycles. The molecule has 0 heterocycles. The monoisotopic (exact) mass is 303 g/mol. The van der Waals surface area contributed by atoms with Crippen LogP contribution in [0, 0.1) is 0 Å². The van der Waals surface area contributed by atoms with Crippen molar-refractivity contribution in [3.8, 4) is 5.75 Å². The van der Waals surface area contributed by atoms with Crippen molar-refractivity contribution < 1.29 is 9.90 Å². The predicted molar refractivity (Wildman–Crippen MR) is 71.1 cm³/mol. The molecule has 1 amide bonds. The van der Waals surface area contributed by atoms with E-state index in [0.717, 1.165) is 12.2 Å². The third-order valence-corrected chi connectivity index (χ3v) is 3.39. The lowest BCUT2D eigenvalue weighted by atomic mass is 10.2. The van der Waals surface area contributed by atoms with Crippen LogP contribution < -0.4 is 5.32 Å². The lowest BCUT2D eigenvalue weighted by Crippen LogP contribution is -2.24. The van der Waals surface area contributed by atoms with Crippen molar-refractivity contribution >= 4 is 33.6 Å². The number of halogens is 1. The van der Waals surface area contributed by atoms with E-state index in [-0.39, 0.29) is 11.7 Å². The van der Waals surface area contributed by atoms with E-state index in [1.165, 1.54) is 6.07 Å². The second-order valence-electron chi connectivity index (χ2n) is 3.27. The van der Waals surface area contributed by atoms with Crippen molar-refractivity contribution in [2.45, 2.75) is 6.42 Å². The van der Waals surface area contributed by atoms with Gasteiger partial charge in [0, 0.05) is 12.1 Å². The maximum Gasteiger partial charge on any atom is 0.251 e. The van der Waals surface area contributed by atoms with Gasteiger partial charge in [0.15, 0.2) is 0 Å². The quantitative estimate of drug-likeness (QED) is 0.822. The number of amides is 1. The average molecular weight is 304 g/mol. The molecule has 0 aromatic heterocycles. The molecule has 0 fully saturated rings. The fourth-order valence-electron chi connectivity index (χ4n) is 1.17. The van der Waals surface area contributed by atoms with Crippen molar-refractivity contribution in [3.63, 3.8) is 0 Å². The second kappa shape index (κ2) is 6.81. The smallest absolute Gasteiger partial charge is 0.251 e. The number of thioether (sulfide) groups is 1. The third-order valence-electron chi connectivity index (χ3n) is 2.02. The van der Waals surface area contributed by atoms with Gasteiger partial charge in [-0.05, 0) is 52.6 Å². The summed E-state index contributed by atoms with van der Waals surface area (Å²) in [6, 6.07) is 4.79. The van der Waals surface area contributed by atoms with E-state index in [4.69, 9.17) is 0 Å². The van der Waals surface area contributed by atoms with Crippen LogP contribution in [0.1, 0.15) is 16.8 Å². The average Bonchev–Trinajstić information content (AvgIpc) is 2.28. The summed E-state index contributed by atoms with van der Waals surface area (Å²) in [4.78, 5) is 11.6. The Labute approximate surface area is 108 Å². The molecule has 0 aliphatic rings. The lowest BCUT2D eigenvalue weighted by Gasteiger charge is -2.05. The SMILES string of the molecule is CSCCCNC(=O)c1ccc(Br)c(O)c1. The zero-order chi connectivity index (χ0) is 12.0. The van der Waals surface area contributed by atoms with Crippen LogP contribution in [0.2, 0.25) is 0 Å². The molecule has 16 heavy (non-hydrogen) atoms. The van der Waals surface area contributed by atoms with Gasteiger partial charge in [-0.15, -0.1) is 0 Å². The summed E-state index contributed by atoms with van der Waals surface area (Å²) < 4.78 is 0.589. The number of carbonyl (C=O) groups excluding carboxylic acids is 1. The van der Waals surface area contributed by atoms with E-state index in [1.54, 1.807) is 23.9 Å². The van der Waals surface area contributed by atoms with Gasteiger partial charge in [-0.25, -0.2) is 0 Å². The highest BCUT2D eigenvalue weighted by Crippen LogP contribution is 2.24. The standard InChI is InChI=1S/C11H14BrNO2S/c1-16-6-2-5-13-11(15)8-3-4-9(12)10(14)7-8/h3-4,7,14H,2,5-6H2,1H3,(H,13,15). The van der Waals surface area contributed by atoms with Gasteiger partial charge in [0.2, 0.25) is 0 Å². The van der Waals surface area contributed by atoms with Crippen molar-refractivity contribution in [1.29, 1.82) is 0 Å². The van der Waals surface area contributed by atoms with Crippen molar-refractivity contribution in [3.05, 3.63) is 28.2 Å². The Balaban J connectivity index is 2.50. The molecular formula is C11H14BrNO2S. The molecule has 0 saturated carbocycles. The van der Waals surface area contributed by atoms with Crippen LogP contribution in [0.5, 0.6) is 5.75 Å². The normalized spacial score (nSPS) is 10.1. The van der Waals surface area contributed by atoms with Crippen molar-refractivity contribution in [2.75, 3.05) is 18.6 Å². The van der Waals surface area contributed by atoms with Crippen LogP contribution in [0.25, 0.3) is 0 Å². The molecule has 0 bridgehead atoms. The maximum absolute atomic E-state index is 11.6. The Morgan fingerprint density at radius 3 is 2.94 bits per heavy atom. The molecule has 0 atom stereocenters. The summed E-state index contributed by atoms with van der Waals surface area (Å²) >= 11 is 4.92. The van der Waals surface area contributed by atoms with Crippen LogP contribution in [0.3, 0.4) is 0 Å². The molecule has 0 aliphatic heterocycles. The van der Waals surface area contributed by atoms with E-state index in [9.17, 15) is 9.90 Å². The Kier molecular flexibility index (Phi) is 5.69. The summed E-state index contributed by atoms with van der Waals surface area (Å²) in [6.07, 6.45) is 2.99. The van der Waals surface area contributed by atoms with Gasteiger partial charge >= 0.3 is 0 Å². The van der Waals surface area contributed by atoms with E-state index in [0.29, 0.717) is 16.6 Å². The van der Waals surface area contributed by atoms with Gasteiger partial charge in [0.1, 0.15) is 5.75 Å². The summed E-state index contributed by atoms with van der Waals surface area (Å²) in [5.74, 6) is 0.965. The minimum absolute atomic E-state index is 0.0803. The number of hydrogen-bond acceptors (Lipinski definition) is 3. The van der Waals surface area contributed by atoms with Crippen molar-refractivity contribution in [1.82, 2.24) is 5.32 Å². The summed E-state index contributed by atoms with van der Waals surface area (Å²) in [5, 5.41) is 12.2. The van der Waals surface area contributed by atoms with Crippen LogP contribution >= 0.6 is 27.7 Å². The van der Waals surface area contributed by atoms with Crippen LogP contribution in [0.4, 0.5) is 0 Å². The second-order valence-corrected chi connectivity index (χ2v) is 5.11. The van der Waals surface area contributed by atoms with E-state index < -0.39 is 0 Å². The maximum atomic E-state index is 11.6. The highest BCUT2D eigenvalue weighted by molar-refractivity contribution is 9.10. The first-order valence-corrected chi connectivity index (χ1v) is 7.09. The molecule has 3 nitrogen and oxygen atoms in total. The number of aromatic hydroxyl groups is 1. The predicted octanol–water partition coefficient (Wildman–Crippen LogP) is 2.64. The molecule has 0 spiro atoms. The van der Waals surface area contributed by atoms with E-state index in [2.05, 4.69) is 21.2 Å². The van der Waals surface area contributed by atoms with Crippen molar-refractivity contribution in [2.24, 2.45) is 0 Å². The Morgan fingerprint density at radius 2 is 2.31 bits per heavy atom. The van der Waals surface area contributed by atoms with Gasteiger partial charge in [-0.2, -0.15) is 11.8 Å². The molecule has 0 unspecified atom stereocenters. The number of carbonyl (C=O) groups is 1. The summed E-state index contributed by atoms with van der Waals surface area (Å²) in [7, 11) is 0. The fourth-order valence-corrected chi connectivity index (χ4v) is 1.85. The highest BCUT2D eigenvalue weighted by Gasteiger charge is 2.07. The van der Waals surface area contributed by atoms with Crippen LogP contribution in [-0.2, 0) is 0 Å². The molecule has 1 aromatic carbocycles. The first-order valence-electron chi connectivity index (χ1n) is 4.91. The van der Waals surface area contributed by atoms with Gasteiger partial charge in [0.25, 0.3) is 5.91 Å². The van der Waals surface area contributed by atoms with Crippen LogP contribution in [-0.4, -0.2) is 29.6 Å². The van der Waals surface area contributed by atoms with Gasteiger partial charge < -0.3 is 10.4 Å². The first kappa shape index (κ1) is 13.4. The molecule has 88 valence electrons. The molecule has 1 aromatic rings. The van der Waals surface area contributed by atoms with E-state index >= 15 is 0 Å². The number of hydrogen-bond donors (Lipinski definition) is 2. The first-order chi connectivity index (χ1) is 7.65. The summed E-state index contributed by atoms with van der Waals surface area (Å²) in [5.41, 5.74) is 0.477. The minimum atomic E-state index is -0.149.